The van der Waals surface area contributed by atoms with E-state index in [0.717, 1.165) is 11.1 Å². The maximum Gasteiger partial charge on any atom is 0.196 e. The molecule has 0 aliphatic carbocycles. The van der Waals surface area contributed by atoms with Gasteiger partial charge in [0.05, 0.1) is 13.2 Å². The molecule has 1 aliphatic rings. The van der Waals surface area contributed by atoms with Crippen LogP contribution in [0.3, 0.4) is 0 Å². The van der Waals surface area contributed by atoms with Gasteiger partial charge in [-0.3, -0.25) is 5.41 Å². The van der Waals surface area contributed by atoms with E-state index >= 15 is 0 Å². The van der Waals surface area contributed by atoms with Gasteiger partial charge in [-0.1, -0.05) is 12.1 Å². The molecule has 0 fully saturated rings. The van der Waals surface area contributed by atoms with Gasteiger partial charge < -0.3 is 4.74 Å². The van der Waals surface area contributed by atoms with Crippen molar-refractivity contribution in [1.29, 1.82) is 5.41 Å². The third-order valence-corrected chi connectivity index (χ3v) is 2.09. The summed E-state index contributed by atoms with van der Waals surface area (Å²) in [5.74, 6) is -0.227. The number of fused-ring (bicyclic) bond motifs is 1. The first-order chi connectivity index (χ1) is 6.31. The van der Waals surface area contributed by atoms with E-state index in [1.807, 2.05) is 6.07 Å². The number of ether oxygens (including phenoxy) is 1. The zero-order valence-corrected chi connectivity index (χ0v) is 6.91. The lowest BCUT2D eigenvalue weighted by Gasteiger charge is -1.98. The van der Waals surface area contributed by atoms with Crippen molar-refractivity contribution < 1.29 is 4.74 Å². The van der Waals surface area contributed by atoms with Crippen molar-refractivity contribution in [2.75, 3.05) is 0 Å². The molecule has 0 radical (unpaired) electrons. The Morgan fingerprint density at radius 3 is 2.92 bits per heavy atom. The standard InChI is InChI=1S/C9H8N2O2/c10-9(11-12)6-1-2-7-4-13-5-8(7)3-6/h1-3,10H,4-5H2. The van der Waals surface area contributed by atoms with Crippen LogP contribution in [0, 0.1) is 10.3 Å². The third kappa shape index (κ3) is 1.36. The maximum atomic E-state index is 10.1. The Balaban J connectivity index is 2.41. The minimum absolute atomic E-state index is 0.227. The molecule has 13 heavy (non-hydrogen) atoms. The first-order valence-corrected chi connectivity index (χ1v) is 3.93. The predicted molar refractivity (Wildman–Crippen MR) is 47.6 cm³/mol. The van der Waals surface area contributed by atoms with Crippen LogP contribution >= 0.6 is 0 Å². The maximum absolute atomic E-state index is 10.1. The number of benzene rings is 1. The van der Waals surface area contributed by atoms with Crippen LogP contribution in [0.1, 0.15) is 16.7 Å². The molecule has 0 atom stereocenters. The molecule has 4 nitrogen and oxygen atoms in total. The van der Waals surface area contributed by atoms with Crippen LogP contribution in [0.5, 0.6) is 0 Å². The third-order valence-electron chi connectivity index (χ3n) is 2.09. The molecule has 0 amide bonds. The van der Waals surface area contributed by atoms with Gasteiger partial charge in [-0.2, -0.15) is 0 Å². The van der Waals surface area contributed by atoms with E-state index in [0.29, 0.717) is 18.8 Å². The van der Waals surface area contributed by atoms with E-state index in [1.165, 1.54) is 0 Å². The summed E-state index contributed by atoms with van der Waals surface area (Å²) in [6.07, 6.45) is 0. The second-order valence-electron chi connectivity index (χ2n) is 2.92. The van der Waals surface area contributed by atoms with Gasteiger partial charge in [0.2, 0.25) is 0 Å². The van der Waals surface area contributed by atoms with E-state index in [9.17, 15) is 4.91 Å². The van der Waals surface area contributed by atoms with Crippen LogP contribution in [0.2, 0.25) is 0 Å². The molecule has 1 aliphatic heterocycles. The molecule has 0 saturated carbocycles. The van der Waals surface area contributed by atoms with Gasteiger partial charge in [-0.15, -0.1) is 4.91 Å². The summed E-state index contributed by atoms with van der Waals surface area (Å²) in [6, 6.07) is 5.38. The van der Waals surface area contributed by atoms with Crippen molar-refractivity contribution in [2.24, 2.45) is 5.18 Å². The second-order valence-corrected chi connectivity index (χ2v) is 2.92. The van der Waals surface area contributed by atoms with E-state index < -0.39 is 0 Å². The van der Waals surface area contributed by atoms with Crippen molar-refractivity contribution in [1.82, 2.24) is 0 Å². The lowest BCUT2D eigenvalue weighted by molar-refractivity contribution is 0.134. The molecule has 1 N–H and O–H groups in total. The highest BCUT2D eigenvalue weighted by Gasteiger charge is 2.12. The molecule has 0 unspecified atom stereocenters. The Labute approximate surface area is 75.0 Å². The Hall–Kier alpha value is -1.55. The number of rotatable bonds is 1. The van der Waals surface area contributed by atoms with Crippen LogP contribution in [0.25, 0.3) is 0 Å². The summed E-state index contributed by atoms with van der Waals surface area (Å²) >= 11 is 0. The Bertz CT molecular complexity index is 374. The highest BCUT2D eigenvalue weighted by Crippen LogP contribution is 2.20. The molecule has 1 heterocycles. The van der Waals surface area contributed by atoms with E-state index in [-0.39, 0.29) is 5.84 Å². The van der Waals surface area contributed by atoms with Gasteiger partial charge in [-0.25, -0.2) is 0 Å². The number of hydrogen-bond acceptors (Lipinski definition) is 3. The summed E-state index contributed by atoms with van der Waals surface area (Å²) in [5.41, 5.74) is 2.73. The number of nitrogens with zero attached hydrogens (tertiary/aromatic N) is 1. The Kier molecular flexibility index (Phi) is 1.90. The van der Waals surface area contributed by atoms with Crippen LogP contribution in [-0.4, -0.2) is 5.84 Å². The average molecular weight is 176 g/mol. The molecular formula is C9H8N2O2. The lowest BCUT2D eigenvalue weighted by Crippen LogP contribution is -1.95. The molecular weight excluding hydrogens is 168 g/mol. The number of hydrogen-bond donors (Lipinski definition) is 1. The van der Waals surface area contributed by atoms with Crippen LogP contribution in [0.15, 0.2) is 23.4 Å². The number of amidine groups is 1. The summed E-state index contributed by atoms with van der Waals surface area (Å²) in [5, 5.41) is 9.80. The minimum atomic E-state index is -0.227. The minimum Gasteiger partial charge on any atom is -0.372 e. The monoisotopic (exact) mass is 176 g/mol. The molecule has 0 bridgehead atoms. The second kappa shape index (κ2) is 3.06. The van der Waals surface area contributed by atoms with Crippen molar-refractivity contribution in [3.05, 3.63) is 39.8 Å². The summed E-state index contributed by atoms with van der Waals surface area (Å²) < 4.78 is 5.20. The van der Waals surface area contributed by atoms with Gasteiger partial charge in [0, 0.05) is 5.56 Å². The average Bonchev–Trinajstić information content (AvgIpc) is 2.63. The van der Waals surface area contributed by atoms with Gasteiger partial charge in [0.25, 0.3) is 0 Å². The Morgan fingerprint density at radius 2 is 2.15 bits per heavy atom. The molecule has 0 saturated heterocycles. The molecule has 1 aromatic carbocycles. The van der Waals surface area contributed by atoms with Crippen molar-refractivity contribution in [3.8, 4) is 0 Å². The van der Waals surface area contributed by atoms with Crippen LogP contribution < -0.4 is 0 Å². The summed E-state index contributed by atoms with van der Waals surface area (Å²) in [6.45, 7) is 1.19. The first kappa shape index (κ1) is 8.07. The first-order valence-electron chi connectivity index (χ1n) is 3.93. The van der Waals surface area contributed by atoms with E-state index in [1.54, 1.807) is 12.1 Å². The molecule has 66 valence electrons. The molecule has 2 rings (SSSR count). The van der Waals surface area contributed by atoms with Crippen LogP contribution in [0.4, 0.5) is 0 Å². The summed E-state index contributed by atoms with van der Waals surface area (Å²) in [7, 11) is 0. The van der Waals surface area contributed by atoms with Gasteiger partial charge in [0.1, 0.15) is 0 Å². The van der Waals surface area contributed by atoms with E-state index in [2.05, 4.69) is 5.18 Å². The van der Waals surface area contributed by atoms with Gasteiger partial charge in [0.15, 0.2) is 5.84 Å². The van der Waals surface area contributed by atoms with Gasteiger partial charge >= 0.3 is 0 Å². The topological polar surface area (TPSA) is 62.5 Å². The summed E-state index contributed by atoms with van der Waals surface area (Å²) in [4.78, 5) is 10.1. The zero-order chi connectivity index (χ0) is 9.26. The highest BCUT2D eigenvalue weighted by molar-refractivity contribution is 5.97. The van der Waals surface area contributed by atoms with Crippen molar-refractivity contribution >= 4 is 5.84 Å². The molecule has 1 aromatic rings. The fourth-order valence-corrected chi connectivity index (χ4v) is 1.37. The molecule has 0 spiro atoms. The van der Waals surface area contributed by atoms with Gasteiger partial charge in [-0.05, 0) is 22.4 Å². The lowest BCUT2D eigenvalue weighted by atomic mass is 10.1. The number of nitrogens with one attached hydrogen (secondary N) is 1. The fraction of sp³-hybridized carbons (Fsp3) is 0.222. The largest absolute Gasteiger partial charge is 0.372 e. The number of nitroso groups, excluding NO2 is 1. The normalized spacial score (nSPS) is 13.8. The SMILES string of the molecule is N=C(N=O)c1ccc2c(c1)COC2. The smallest absolute Gasteiger partial charge is 0.196 e. The molecule has 0 aromatic heterocycles. The Morgan fingerprint density at radius 1 is 1.38 bits per heavy atom. The van der Waals surface area contributed by atoms with Crippen molar-refractivity contribution in [2.45, 2.75) is 13.2 Å². The highest BCUT2D eigenvalue weighted by atomic mass is 16.5. The predicted octanol–water partition coefficient (Wildman–Crippen LogP) is 1.81. The quantitative estimate of drug-likeness (QED) is 0.403. The van der Waals surface area contributed by atoms with E-state index in [4.69, 9.17) is 10.1 Å². The molecule has 4 heteroatoms. The fourth-order valence-electron chi connectivity index (χ4n) is 1.37. The zero-order valence-electron chi connectivity index (χ0n) is 6.91. The van der Waals surface area contributed by atoms with Crippen LogP contribution in [-0.2, 0) is 18.0 Å². The van der Waals surface area contributed by atoms with Crippen molar-refractivity contribution in [3.63, 3.8) is 0 Å².